The number of imide groups is 1. The van der Waals surface area contributed by atoms with Crippen LogP contribution in [0.5, 0.6) is 5.75 Å². The van der Waals surface area contributed by atoms with Crippen LogP contribution >= 0.6 is 0 Å². The summed E-state index contributed by atoms with van der Waals surface area (Å²) in [5.41, 5.74) is -0.0427. The maximum atomic E-state index is 12.0. The van der Waals surface area contributed by atoms with Crippen LogP contribution in [-0.2, 0) is 9.53 Å². The molecule has 0 saturated heterocycles. The number of aromatic hydroxyl groups is 1. The number of esters is 1. The van der Waals surface area contributed by atoms with E-state index in [4.69, 9.17) is 4.74 Å². The van der Waals surface area contributed by atoms with E-state index >= 15 is 0 Å². The Morgan fingerprint density at radius 3 is 2.64 bits per heavy atom. The maximum Gasteiger partial charge on any atom is 0.342 e. The Balaban J connectivity index is 1.91. The van der Waals surface area contributed by atoms with Crippen molar-refractivity contribution in [1.29, 1.82) is 0 Å². The van der Waals surface area contributed by atoms with Crippen molar-refractivity contribution in [1.82, 2.24) is 10.6 Å². The lowest BCUT2D eigenvalue weighted by molar-refractivity contribution is -0.123. The molecular formula is C18H20N2O5. The van der Waals surface area contributed by atoms with Crippen LogP contribution in [0.15, 0.2) is 36.4 Å². The fourth-order valence-corrected chi connectivity index (χ4v) is 2.21. The zero-order chi connectivity index (χ0) is 18.2. The molecule has 7 nitrogen and oxygen atoms in total. The quantitative estimate of drug-likeness (QED) is 0.551. The van der Waals surface area contributed by atoms with Crippen LogP contribution in [-0.4, -0.2) is 36.2 Å². The molecule has 2 aromatic rings. The molecule has 0 saturated carbocycles. The molecule has 0 atom stereocenters. The lowest BCUT2D eigenvalue weighted by atomic mass is 10.1. The molecule has 0 heterocycles. The molecule has 7 heteroatoms. The van der Waals surface area contributed by atoms with E-state index in [1.807, 2.05) is 13.0 Å². The standard InChI is InChI=1S/C18H20N2O5/c1-2-3-10-19-18(24)20-15(21)11-25-17(23)14-9-8-12-6-4-5-7-13(12)16(14)22/h4-9,22H,2-3,10-11H2,1H3,(H2,19,20,21,24). The molecule has 3 N–H and O–H groups in total. The number of fused-ring (bicyclic) bond motifs is 1. The molecule has 0 aliphatic carbocycles. The second kappa shape index (κ2) is 8.68. The SMILES string of the molecule is CCCCNC(=O)NC(=O)COC(=O)c1ccc2ccccc2c1O. The second-order valence-electron chi connectivity index (χ2n) is 5.42. The van der Waals surface area contributed by atoms with Gasteiger partial charge in [0.05, 0.1) is 0 Å². The van der Waals surface area contributed by atoms with Crippen LogP contribution in [0.25, 0.3) is 10.8 Å². The summed E-state index contributed by atoms with van der Waals surface area (Å²) in [6, 6.07) is 9.49. The summed E-state index contributed by atoms with van der Waals surface area (Å²) < 4.78 is 4.86. The molecule has 25 heavy (non-hydrogen) atoms. The molecule has 132 valence electrons. The average molecular weight is 344 g/mol. The number of nitrogens with one attached hydrogen (secondary N) is 2. The summed E-state index contributed by atoms with van der Waals surface area (Å²) >= 11 is 0. The van der Waals surface area contributed by atoms with Gasteiger partial charge >= 0.3 is 12.0 Å². The van der Waals surface area contributed by atoms with E-state index in [1.54, 1.807) is 24.3 Å². The van der Waals surface area contributed by atoms with Crippen molar-refractivity contribution in [2.75, 3.05) is 13.2 Å². The molecule has 0 unspecified atom stereocenters. The molecule has 0 aliphatic heterocycles. The molecule has 0 aromatic heterocycles. The van der Waals surface area contributed by atoms with Crippen LogP contribution in [0, 0.1) is 0 Å². The normalized spacial score (nSPS) is 10.3. The molecule has 0 bridgehead atoms. The molecule has 2 rings (SSSR count). The van der Waals surface area contributed by atoms with Crippen LogP contribution in [0.4, 0.5) is 4.79 Å². The lowest BCUT2D eigenvalue weighted by Gasteiger charge is -2.09. The Hall–Kier alpha value is -3.09. The first kappa shape index (κ1) is 18.3. The number of phenolic OH excluding ortho intramolecular Hbond substituents is 1. The highest BCUT2D eigenvalue weighted by Gasteiger charge is 2.17. The number of phenols is 1. The van der Waals surface area contributed by atoms with E-state index in [0.717, 1.165) is 18.2 Å². The third kappa shape index (κ3) is 4.94. The van der Waals surface area contributed by atoms with E-state index < -0.39 is 24.5 Å². The predicted octanol–water partition coefficient (Wildman–Crippen LogP) is 2.33. The van der Waals surface area contributed by atoms with Gasteiger partial charge in [-0.2, -0.15) is 0 Å². The second-order valence-corrected chi connectivity index (χ2v) is 5.42. The van der Waals surface area contributed by atoms with Gasteiger partial charge in [-0.3, -0.25) is 10.1 Å². The summed E-state index contributed by atoms with van der Waals surface area (Å²) in [5, 5.41) is 16.0. The number of urea groups is 1. The molecule has 2 aromatic carbocycles. The fraction of sp³-hybridized carbons (Fsp3) is 0.278. The Kier molecular flexibility index (Phi) is 6.33. The summed E-state index contributed by atoms with van der Waals surface area (Å²) in [5.74, 6) is -1.80. The van der Waals surface area contributed by atoms with Crippen LogP contribution in [0.2, 0.25) is 0 Å². The van der Waals surface area contributed by atoms with Gasteiger partial charge in [-0.1, -0.05) is 43.7 Å². The number of ether oxygens (including phenoxy) is 1. The van der Waals surface area contributed by atoms with Crippen molar-refractivity contribution in [3.63, 3.8) is 0 Å². The van der Waals surface area contributed by atoms with Crippen LogP contribution < -0.4 is 10.6 Å². The van der Waals surface area contributed by atoms with E-state index in [-0.39, 0.29) is 11.3 Å². The summed E-state index contributed by atoms with van der Waals surface area (Å²) in [4.78, 5) is 35.1. The minimum atomic E-state index is -0.843. The van der Waals surface area contributed by atoms with E-state index in [9.17, 15) is 19.5 Å². The van der Waals surface area contributed by atoms with Crippen molar-refractivity contribution < 1.29 is 24.2 Å². The van der Waals surface area contributed by atoms with Crippen LogP contribution in [0.1, 0.15) is 30.1 Å². The molecule has 3 amide bonds. The van der Waals surface area contributed by atoms with E-state index in [1.165, 1.54) is 6.07 Å². The fourth-order valence-electron chi connectivity index (χ4n) is 2.21. The number of rotatable bonds is 6. The average Bonchev–Trinajstić information content (AvgIpc) is 2.60. The summed E-state index contributed by atoms with van der Waals surface area (Å²) in [7, 11) is 0. The Morgan fingerprint density at radius 1 is 1.12 bits per heavy atom. The Labute approximate surface area is 145 Å². The van der Waals surface area contributed by atoms with Crippen molar-refractivity contribution >= 4 is 28.7 Å². The zero-order valence-electron chi connectivity index (χ0n) is 13.9. The van der Waals surface area contributed by atoms with Crippen molar-refractivity contribution in [3.8, 4) is 5.75 Å². The van der Waals surface area contributed by atoms with Gasteiger partial charge in [-0.15, -0.1) is 0 Å². The summed E-state index contributed by atoms with van der Waals surface area (Å²) in [6.45, 7) is 1.82. The van der Waals surface area contributed by atoms with Gasteiger partial charge in [0.15, 0.2) is 6.61 Å². The molecule has 0 radical (unpaired) electrons. The minimum Gasteiger partial charge on any atom is -0.506 e. The van der Waals surface area contributed by atoms with Gasteiger partial charge in [0.25, 0.3) is 5.91 Å². The van der Waals surface area contributed by atoms with Crippen molar-refractivity contribution in [3.05, 3.63) is 42.0 Å². The largest absolute Gasteiger partial charge is 0.506 e. The smallest absolute Gasteiger partial charge is 0.342 e. The van der Waals surface area contributed by atoms with E-state index in [0.29, 0.717) is 11.9 Å². The number of carbonyl (C=O) groups excluding carboxylic acids is 3. The maximum absolute atomic E-state index is 12.0. The van der Waals surface area contributed by atoms with E-state index in [2.05, 4.69) is 10.6 Å². The number of benzene rings is 2. The number of unbranched alkanes of at least 4 members (excludes halogenated alkanes) is 1. The third-order valence-electron chi connectivity index (χ3n) is 3.52. The number of hydrogen-bond donors (Lipinski definition) is 3. The van der Waals surface area contributed by atoms with Gasteiger partial charge in [0.1, 0.15) is 11.3 Å². The third-order valence-corrected chi connectivity index (χ3v) is 3.52. The van der Waals surface area contributed by atoms with Gasteiger partial charge in [-0.25, -0.2) is 9.59 Å². The Morgan fingerprint density at radius 2 is 1.88 bits per heavy atom. The zero-order valence-corrected chi connectivity index (χ0v) is 13.9. The Bertz CT molecular complexity index is 788. The number of carbonyl (C=O) groups is 3. The van der Waals surface area contributed by atoms with Crippen LogP contribution in [0.3, 0.4) is 0 Å². The first-order valence-electron chi connectivity index (χ1n) is 7.98. The first-order valence-corrected chi connectivity index (χ1v) is 7.98. The molecular weight excluding hydrogens is 324 g/mol. The highest BCUT2D eigenvalue weighted by molar-refractivity contribution is 6.02. The number of amides is 3. The minimum absolute atomic E-state index is 0.0427. The van der Waals surface area contributed by atoms with Gasteiger partial charge in [0, 0.05) is 11.9 Å². The van der Waals surface area contributed by atoms with Gasteiger partial charge < -0.3 is 15.2 Å². The predicted molar refractivity (Wildman–Crippen MR) is 92.3 cm³/mol. The molecule has 0 aliphatic rings. The van der Waals surface area contributed by atoms with Gasteiger partial charge in [-0.05, 0) is 17.9 Å². The monoisotopic (exact) mass is 344 g/mol. The molecule has 0 fully saturated rings. The highest BCUT2D eigenvalue weighted by Crippen LogP contribution is 2.28. The van der Waals surface area contributed by atoms with Crippen molar-refractivity contribution in [2.45, 2.75) is 19.8 Å². The molecule has 0 spiro atoms. The highest BCUT2D eigenvalue weighted by atomic mass is 16.5. The summed E-state index contributed by atoms with van der Waals surface area (Å²) in [6.07, 6.45) is 1.72. The first-order chi connectivity index (χ1) is 12.0. The van der Waals surface area contributed by atoms with Crippen molar-refractivity contribution in [2.24, 2.45) is 0 Å². The topological polar surface area (TPSA) is 105 Å². The number of hydrogen-bond acceptors (Lipinski definition) is 5. The lowest BCUT2D eigenvalue weighted by Crippen LogP contribution is -2.41. The van der Waals surface area contributed by atoms with Gasteiger partial charge in [0.2, 0.25) is 0 Å².